The van der Waals surface area contributed by atoms with Crippen molar-refractivity contribution >= 4 is 0 Å². The van der Waals surface area contributed by atoms with Gasteiger partial charge in [0.05, 0.1) is 12.4 Å². The molecular weight excluding hydrogens is 150 g/mol. The van der Waals surface area contributed by atoms with Crippen molar-refractivity contribution in [3.63, 3.8) is 0 Å². The van der Waals surface area contributed by atoms with Crippen LogP contribution < -0.4 is 0 Å². The standard InChI is InChI=1S/C8H12F2O/c1-2-11-7-3-5-8(9,10)6-4-7/h3H,2,4-6H2,1H3. The summed E-state index contributed by atoms with van der Waals surface area (Å²) in [6.45, 7) is 2.42. The molecule has 0 heterocycles. The van der Waals surface area contributed by atoms with Crippen LogP contribution in [0.5, 0.6) is 0 Å². The van der Waals surface area contributed by atoms with Gasteiger partial charge in [-0.15, -0.1) is 0 Å². The first-order chi connectivity index (χ1) is 5.14. The Bertz CT molecular complexity index is 163. The molecule has 1 rings (SSSR count). The van der Waals surface area contributed by atoms with Crippen LogP contribution in [0.4, 0.5) is 8.78 Å². The quantitative estimate of drug-likeness (QED) is 0.606. The molecule has 0 aliphatic heterocycles. The Balaban J connectivity index is 2.44. The van der Waals surface area contributed by atoms with Crippen molar-refractivity contribution in [1.29, 1.82) is 0 Å². The van der Waals surface area contributed by atoms with Gasteiger partial charge in [0, 0.05) is 19.3 Å². The van der Waals surface area contributed by atoms with Crippen molar-refractivity contribution in [1.82, 2.24) is 0 Å². The van der Waals surface area contributed by atoms with Crippen molar-refractivity contribution in [2.24, 2.45) is 0 Å². The molecule has 64 valence electrons. The van der Waals surface area contributed by atoms with Crippen LogP contribution in [-0.4, -0.2) is 12.5 Å². The average Bonchev–Trinajstić information content (AvgIpc) is 1.94. The Labute approximate surface area is 65.0 Å². The summed E-state index contributed by atoms with van der Waals surface area (Å²) < 4.78 is 30.1. The average molecular weight is 162 g/mol. The number of alkyl halides is 2. The van der Waals surface area contributed by atoms with Gasteiger partial charge in [0.2, 0.25) is 0 Å². The largest absolute Gasteiger partial charge is 0.499 e. The van der Waals surface area contributed by atoms with E-state index in [-0.39, 0.29) is 12.8 Å². The summed E-state index contributed by atoms with van der Waals surface area (Å²) >= 11 is 0. The number of rotatable bonds is 2. The van der Waals surface area contributed by atoms with Crippen LogP contribution in [-0.2, 0) is 4.74 Å². The fourth-order valence-corrected chi connectivity index (χ4v) is 1.09. The molecule has 1 aliphatic carbocycles. The Morgan fingerprint density at radius 3 is 2.82 bits per heavy atom. The maximum Gasteiger partial charge on any atom is 0.252 e. The van der Waals surface area contributed by atoms with E-state index in [2.05, 4.69) is 0 Å². The lowest BCUT2D eigenvalue weighted by molar-refractivity contribution is -0.0160. The Kier molecular flexibility index (Phi) is 2.47. The second-order valence-electron chi connectivity index (χ2n) is 2.66. The topological polar surface area (TPSA) is 9.23 Å². The number of hydrogen-bond donors (Lipinski definition) is 0. The summed E-state index contributed by atoms with van der Waals surface area (Å²) in [5.41, 5.74) is 0. The fourth-order valence-electron chi connectivity index (χ4n) is 1.09. The zero-order valence-corrected chi connectivity index (χ0v) is 6.57. The predicted octanol–water partition coefficient (Wildman–Crippen LogP) is 2.73. The van der Waals surface area contributed by atoms with Crippen molar-refractivity contribution < 1.29 is 13.5 Å². The molecule has 0 bridgehead atoms. The van der Waals surface area contributed by atoms with Gasteiger partial charge in [-0.2, -0.15) is 0 Å². The number of hydrogen-bond acceptors (Lipinski definition) is 1. The van der Waals surface area contributed by atoms with Crippen molar-refractivity contribution in [3.05, 3.63) is 11.8 Å². The van der Waals surface area contributed by atoms with E-state index in [0.29, 0.717) is 13.0 Å². The van der Waals surface area contributed by atoms with Crippen LogP contribution in [0.15, 0.2) is 11.8 Å². The van der Waals surface area contributed by atoms with Crippen molar-refractivity contribution in [3.8, 4) is 0 Å². The van der Waals surface area contributed by atoms with E-state index in [1.807, 2.05) is 6.92 Å². The van der Waals surface area contributed by atoms with E-state index in [0.717, 1.165) is 5.76 Å². The van der Waals surface area contributed by atoms with E-state index < -0.39 is 5.92 Å². The van der Waals surface area contributed by atoms with Crippen LogP contribution in [0.25, 0.3) is 0 Å². The van der Waals surface area contributed by atoms with Gasteiger partial charge in [0.15, 0.2) is 0 Å². The van der Waals surface area contributed by atoms with Gasteiger partial charge >= 0.3 is 0 Å². The number of halogens is 2. The molecule has 0 atom stereocenters. The highest BCUT2D eigenvalue weighted by atomic mass is 19.3. The van der Waals surface area contributed by atoms with Gasteiger partial charge in [0.1, 0.15) is 0 Å². The molecule has 0 saturated carbocycles. The summed E-state index contributed by atoms with van der Waals surface area (Å²) in [7, 11) is 0. The summed E-state index contributed by atoms with van der Waals surface area (Å²) in [5.74, 6) is -1.78. The highest BCUT2D eigenvalue weighted by Crippen LogP contribution is 2.32. The molecule has 0 aromatic carbocycles. The Morgan fingerprint density at radius 1 is 1.64 bits per heavy atom. The van der Waals surface area contributed by atoms with E-state index in [9.17, 15) is 8.78 Å². The normalized spacial score (nSPS) is 22.6. The molecule has 0 amide bonds. The minimum absolute atomic E-state index is 0.0706. The van der Waals surface area contributed by atoms with E-state index in [4.69, 9.17) is 4.74 Å². The minimum atomic E-state index is -2.50. The molecule has 0 saturated heterocycles. The first-order valence-electron chi connectivity index (χ1n) is 3.84. The zero-order chi connectivity index (χ0) is 8.32. The Hall–Kier alpha value is -0.600. The second-order valence-corrected chi connectivity index (χ2v) is 2.66. The molecule has 0 aromatic heterocycles. The van der Waals surface area contributed by atoms with Gasteiger partial charge in [-0.25, -0.2) is 8.78 Å². The van der Waals surface area contributed by atoms with E-state index in [1.54, 1.807) is 0 Å². The summed E-state index contributed by atoms with van der Waals surface area (Å²) in [5, 5.41) is 0. The smallest absolute Gasteiger partial charge is 0.252 e. The van der Waals surface area contributed by atoms with Gasteiger partial charge in [-0.1, -0.05) is 0 Å². The van der Waals surface area contributed by atoms with Crippen molar-refractivity contribution in [2.45, 2.75) is 32.1 Å². The number of ether oxygens (including phenoxy) is 1. The molecule has 0 aromatic rings. The molecule has 1 aliphatic rings. The van der Waals surface area contributed by atoms with Gasteiger partial charge in [-0.05, 0) is 13.0 Å². The minimum Gasteiger partial charge on any atom is -0.499 e. The molecular formula is C8H12F2O. The van der Waals surface area contributed by atoms with Gasteiger partial charge in [-0.3, -0.25) is 0 Å². The molecule has 0 unspecified atom stereocenters. The maximum atomic E-state index is 12.5. The lowest BCUT2D eigenvalue weighted by Crippen LogP contribution is -2.19. The second kappa shape index (κ2) is 3.20. The molecule has 0 fully saturated rings. The van der Waals surface area contributed by atoms with Crippen LogP contribution >= 0.6 is 0 Å². The molecule has 0 radical (unpaired) electrons. The van der Waals surface area contributed by atoms with Crippen LogP contribution in [0.2, 0.25) is 0 Å². The third-order valence-corrected chi connectivity index (χ3v) is 1.70. The predicted molar refractivity (Wildman–Crippen MR) is 38.5 cm³/mol. The van der Waals surface area contributed by atoms with Crippen LogP contribution in [0, 0.1) is 0 Å². The maximum absolute atomic E-state index is 12.5. The monoisotopic (exact) mass is 162 g/mol. The first-order valence-corrected chi connectivity index (χ1v) is 3.84. The third kappa shape index (κ3) is 2.48. The van der Waals surface area contributed by atoms with E-state index in [1.165, 1.54) is 6.08 Å². The van der Waals surface area contributed by atoms with Gasteiger partial charge in [0.25, 0.3) is 5.92 Å². The molecule has 1 nitrogen and oxygen atoms in total. The SMILES string of the molecule is CCOC1=CCC(F)(F)CC1. The van der Waals surface area contributed by atoms with Crippen molar-refractivity contribution in [2.75, 3.05) is 6.61 Å². The molecule has 11 heavy (non-hydrogen) atoms. The van der Waals surface area contributed by atoms with Crippen LogP contribution in [0.1, 0.15) is 26.2 Å². The van der Waals surface area contributed by atoms with Crippen LogP contribution in [0.3, 0.4) is 0 Å². The molecule has 0 spiro atoms. The fraction of sp³-hybridized carbons (Fsp3) is 0.750. The lowest BCUT2D eigenvalue weighted by atomic mass is 10.0. The summed E-state index contributed by atoms with van der Waals surface area (Å²) in [6, 6.07) is 0. The number of allylic oxidation sites excluding steroid dienone is 2. The third-order valence-electron chi connectivity index (χ3n) is 1.70. The van der Waals surface area contributed by atoms with E-state index >= 15 is 0 Å². The molecule has 3 heteroatoms. The van der Waals surface area contributed by atoms with Gasteiger partial charge < -0.3 is 4.74 Å². The zero-order valence-electron chi connectivity index (χ0n) is 6.57. The molecule has 0 N–H and O–H groups in total. The summed E-state index contributed by atoms with van der Waals surface area (Å²) in [4.78, 5) is 0. The first kappa shape index (κ1) is 8.50. The highest BCUT2D eigenvalue weighted by Gasteiger charge is 2.31. The lowest BCUT2D eigenvalue weighted by Gasteiger charge is -2.20. The Morgan fingerprint density at radius 2 is 2.36 bits per heavy atom. The summed E-state index contributed by atoms with van der Waals surface area (Å²) in [6.07, 6.45) is 1.63. The highest BCUT2D eigenvalue weighted by molar-refractivity contribution is 5.01.